The highest BCUT2D eigenvalue weighted by molar-refractivity contribution is 6.09. The third kappa shape index (κ3) is 4.43. The first-order valence-electron chi connectivity index (χ1n) is 8.54. The lowest BCUT2D eigenvalue weighted by Gasteiger charge is -2.23. The van der Waals surface area contributed by atoms with Crippen molar-refractivity contribution in [2.24, 2.45) is 0 Å². The number of halogens is 1. The molecule has 148 valence electrons. The molecule has 0 aromatic heterocycles. The molecule has 8 nitrogen and oxygen atoms in total. The van der Waals surface area contributed by atoms with E-state index in [2.05, 4.69) is 10.1 Å². The molecule has 0 spiro atoms. The summed E-state index contributed by atoms with van der Waals surface area (Å²) >= 11 is 0. The molecule has 0 aliphatic rings. The molecule has 1 amide bonds. The van der Waals surface area contributed by atoms with Crippen LogP contribution in [0.25, 0.3) is 0 Å². The zero-order chi connectivity index (χ0) is 20.8. The van der Waals surface area contributed by atoms with Crippen molar-refractivity contribution < 1.29 is 23.6 Å². The molecule has 0 aliphatic carbocycles. The van der Waals surface area contributed by atoms with Gasteiger partial charge in [0, 0.05) is 25.2 Å². The second kappa shape index (κ2) is 8.94. The highest BCUT2D eigenvalue weighted by Gasteiger charge is 2.21. The fourth-order valence-corrected chi connectivity index (χ4v) is 2.72. The first-order chi connectivity index (χ1) is 13.3. The van der Waals surface area contributed by atoms with Gasteiger partial charge in [-0.2, -0.15) is 0 Å². The Hall–Kier alpha value is -3.49. The van der Waals surface area contributed by atoms with Gasteiger partial charge in [0.2, 0.25) is 0 Å². The number of hydrogen-bond acceptors (Lipinski definition) is 6. The van der Waals surface area contributed by atoms with E-state index in [1.165, 1.54) is 25.3 Å². The molecule has 2 aromatic rings. The molecule has 9 heteroatoms. The Labute approximate surface area is 161 Å². The van der Waals surface area contributed by atoms with Crippen molar-refractivity contribution in [3.05, 3.63) is 63.5 Å². The number of esters is 1. The zero-order valence-corrected chi connectivity index (χ0v) is 15.7. The van der Waals surface area contributed by atoms with E-state index in [1.807, 2.05) is 18.7 Å². The number of methoxy groups -OCH3 is 1. The van der Waals surface area contributed by atoms with Crippen LogP contribution in [0, 0.1) is 15.9 Å². The van der Waals surface area contributed by atoms with Gasteiger partial charge in [-0.05, 0) is 38.1 Å². The molecule has 0 atom stereocenters. The van der Waals surface area contributed by atoms with Crippen molar-refractivity contribution >= 4 is 28.9 Å². The van der Waals surface area contributed by atoms with E-state index in [0.717, 1.165) is 18.2 Å². The van der Waals surface area contributed by atoms with Crippen LogP contribution in [0.5, 0.6) is 0 Å². The van der Waals surface area contributed by atoms with Crippen LogP contribution in [0.15, 0.2) is 36.4 Å². The second-order valence-corrected chi connectivity index (χ2v) is 5.77. The molecule has 0 saturated carbocycles. The monoisotopic (exact) mass is 389 g/mol. The van der Waals surface area contributed by atoms with Gasteiger partial charge in [-0.15, -0.1) is 0 Å². The van der Waals surface area contributed by atoms with Gasteiger partial charge in [-0.3, -0.25) is 14.9 Å². The number of nitrogens with zero attached hydrogens (tertiary/aromatic N) is 2. The van der Waals surface area contributed by atoms with Gasteiger partial charge in [0.05, 0.1) is 34.5 Å². The minimum absolute atomic E-state index is 0.0285. The van der Waals surface area contributed by atoms with Gasteiger partial charge in [0.25, 0.3) is 11.6 Å². The number of rotatable bonds is 7. The number of amides is 1. The third-order valence-electron chi connectivity index (χ3n) is 4.18. The lowest BCUT2D eigenvalue weighted by Crippen LogP contribution is -2.26. The summed E-state index contributed by atoms with van der Waals surface area (Å²) < 4.78 is 18.7. The molecule has 2 aromatic carbocycles. The van der Waals surface area contributed by atoms with Crippen LogP contribution in [0.1, 0.15) is 34.6 Å². The Morgan fingerprint density at radius 3 is 2.43 bits per heavy atom. The quantitative estimate of drug-likeness (QED) is 0.441. The van der Waals surface area contributed by atoms with E-state index in [9.17, 15) is 24.1 Å². The van der Waals surface area contributed by atoms with Crippen molar-refractivity contribution in [3.8, 4) is 0 Å². The Morgan fingerprint density at radius 1 is 1.18 bits per heavy atom. The fraction of sp³-hybridized carbons (Fsp3) is 0.263. The average molecular weight is 389 g/mol. The number of carbonyl (C=O) groups excluding carboxylic acids is 2. The molecule has 0 fully saturated rings. The van der Waals surface area contributed by atoms with Gasteiger partial charge in [0.15, 0.2) is 0 Å². The lowest BCUT2D eigenvalue weighted by atomic mass is 10.1. The fourth-order valence-electron chi connectivity index (χ4n) is 2.72. The van der Waals surface area contributed by atoms with Crippen LogP contribution in [0.2, 0.25) is 0 Å². The second-order valence-electron chi connectivity index (χ2n) is 5.77. The van der Waals surface area contributed by atoms with Crippen LogP contribution in [0.4, 0.5) is 21.5 Å². The normalized spacial score (nSPS) is 10.3. The van der Waals surface area contributed by atoms with E-state index in [0.29, 0.717) is 18.8 Å². The molecule has 0 heterocycles. The summed E-state index contributed by atoms with van der Waals surface area (Å²) in [5.74, 6) is -2.17. The molecule has 0 saturated heterocycles. The molecular weight excluding hydrogens is 369 g/mol. The van der Waals surface area contributed by atoms with E-state index < -0.39 is 22.6 Å². The average Bonchev–Trinajstić information content (AvgIpc) is 2.69. The maximum atomic E-state index is 14.1. The molecule has 1 N–H and O–H groups in total. The molecule has 2 rings (SSSR count). The number of non-ortho nitro benzene ring substituents is 1. The minimum atomic E-state index is -0.754. The summed E-state index contributed by atoms with van der Waals surface area (Å²) in [7, 11) is 1.18. The minimum Gasteiger partial charge on any atom is -0.465 e. The van der Waals surface area contributed by atoms with Crippen LogP contribution >= 0.6 is 0 Å². The van der Waals surface area contributed by atoms with Crippen molar-refractivity contribution in [1.82, 2.24) is 0 Å². The predicted octanol–water partition coefficient (Wildman–Crippen LogP) is 3.62. The number of anilines is 2. The Morgan fingerprint density at radius 2 is 1.86 bits per heavy atom. The highest BCUT2D eigenvalue weighted by Crippen LogP contribution is 2.27. The van der Waals surface area contributed by atoms with E-state index >= 15 is 0 Å². The van der Waals surface area contributed by atoms with Crippen molar-refractivity contribution in [2.75, 3.05) is 30.4 Å². The van der Waals surface area contributed by atoms with Crippen molar-refractivity contribution in [1.29, 1.82) is 0 Å². The largest absolute Gasteiger partial charge is 0.465 e. The predicted molar refractivity (Wildman–Crippen MR) is 102 cm³/mol. The summed E-state index contributed by atoms with van der Waals surface area (Å²) in [6.45, 7) is 4.90. The van der Waals surface area contributed by atoms with E-state index in [-0.39, 0.29) is 22.5 Å². The van der Waals surface area contributed by atoms with Crippen molar-refractivity contribution in [2.45, 2.75) is 13.8 Å². The van der Waals surface area contributed by atoms with Crippen LogP contribution in [-0.4, -0.2) is 37.0 Å². The summed E-state index contributed by atoms with van der Waals surface area (Å²) in [4.78, 5) is 36.8. The van der Waals surface area contributed by atoms with Crippen molar-refractivity contribution in [3.63, 3.8) is 0 Å². The van der Waals surface area contributed by atoms with Gasteiger partial charge >= 0.3 is 5.97 Å². The number of ether oxygens (including phenoxy) is 1. The molecule has 0 bridgehead atoms. The maximum absolute atomic E-state index is 14.1. The molecular formula is C19H20FN3O5. The summed E-state index contributed by atoms with van der Waals surface area (Å²) in [6.07, 6.45) is 0. The number of nitro benzene ring substituents is 1. The number of benzene rings is 2. The summed E-state index contributed by atoms with van der Waals surface area (Å²) in [5, 5.41) is 13.5. The number of carbonyl (C=O) groups is 2. The molecule has 0 aliphatic heterocycles. The standard InChI is InChI=1S/C19H20FN3O5/c1-4-22(5-2)17-9-7-13(23(26)27)11-14(17)18(24)21-16-10-12(19(25)28-3)6-8-15(16)20/h6-11H,4-5H2,1-3H3,(H,21,24). The van der Waals surface area contributed by atoms with E-state index in [1.54, 1.807) is 0 Å². The lowest BCUT2D eigenvalue weighted by molar-refractivity contribution is -0.384. The maximum Gasteiger partial charge on any atom is 0.337 e. The number of nitrogens with one attached hydrogen (secondary N) is 1. The summed E-state index contributed by atoms with van der Waals surface area (Å²) in [6, 6.07) is 7.34. The van der Waals surface area contributed by atoms with Gasteiger partial charge in [0.1, 0.15) is 5.82 Å². The SMILES string of the molecule is CCN(CC)c1ccc([N+](=O)[O-])cc1C(=O)Nc1cc(C(=O)OC)ccc1F. The third-order valence-corrected chi connectivity index (χ3v) is 4.18. The van der Waals surface area contributed by atoms with Gasteiger partial charge in [-0.25, -0.2) is 9.18 Å². The summed E-state index contributed by atoms with van der Waals surface area (Å²) in [5.41, 5.74) is 0.0790. The molecule has 28 heavy (non-hydrogen) atoms. The Kier molecular flexibility index (Phi) is 6.64. The smallest absolute Gasteiger partial charge is 0.337 e. The number of nitro groups is 1. The topological polar surface area (TPSA) is 102 Å². The van der Waals surface area contributed by atoms with E-state index in [4.69, 9.17) is 0 Å². The van der Waals surface area contributed by atoms with Gasteiger partial charge < -0.3 is 15.0 Å². The van der Waals surface area contributed by atoms with Crippen LogP contribution < -0.4 is 10.2 Å². The Bertz CT molecular complexity index is 912. The molecule has 0 unspecified atom stereocenters. The first kappa shape index (κ1) is 20.8. The van der Waals surface area contributed by atoms with Crippen LogP contribution in [-0.2, 0) is 4.74 Å². The first-order valence-corrected chi connectivity index (χ1v) is 8.54. The Balaban J connectivity index is 2.47. The zero-order valence-electron chi connectivity index (χ0n) is 15.7. The van der Waals surface area contributed by atoms with Crippen LogP contribution in [0.3, 0.4) is 0 Å². The van der Waals surface area contributed by atoms with Gasteiger partial charge in [-0.1, -0.05) is 0 Å². The molecule has 0 radical (unpaired) electrons. The highest BCUT2D eigenvalue weighted by atomic mass is 19.1. The number of hydrogen-bond donors (Lipinski definition) is 1.